The standard InChI is InChI=1S/C18H17F4N3O3/c19-14-5-1-12(2-6-14)10-24-17(27)25-11-16(26)23-9-13-3-7-15(8-4-13)28-18(20,21)22/h1-8H,9-11H2,(H,23,26)(H2,24,25,27). The first-order chi connectivity index (χ1) is 13.2. The molecule has 150 valence electrons. The molecule has 0 heterocycles. The summed E-state index contributed by atoms with van der Waals surface area (Å²) in [6, 6.07) is 10.0. The summed E-state index contributed by atoms with van der Waals surface area (Å²) < 4.78 is 52.8. The third-order valence-electron chi connectivity index (χ3n) is 3.42. The van der Waals surface area contributed by atoms with E-state index >= 15 is 0 Å². The Balaban J connectivity index is 1.66. The lowest BCUT2D eigenvalue weighted by atomic mass is 10.2. The molecule has 0 spiro atoms. The number of carbonyl (C=O) groups is 2. The van der Waals surface area contributed by atoms with Gasteiger partial charge in [-0.3, -0.25) is 4.79 Å². The van der Waals surface area contributed by atoms with E-state index in [1.807, 2.05) is 0 Å². The summed E-state index contributed by atoms with van der Waals surface area (Å²) in [5, 5.41) is 7.38. The summed E-state index contributed by atoms with van der Waals surface area (Å²) in [4.78, 5) is 23.3. The smallest absolute Gasteiger partial charge is 0.406 e. The molecule has 28 heavy (non-hydrogen) atoms. The van der Waals surface area contributed by atoms with Crippen LogP contribution in [0.5, 0.6) is 5.75 Å². The molecule has 0 saturated carbocycles. The fourth-order valence-electron chi connectivity index (χ4n) is 2.08. The maximum atomic E-state index is 12.8. The molecule has 0 aromatic heterocycles. The number of ether oxygens (including phenoxy) is 1. The van der Waals surface area contributed by atoms with E-state index in [0.717, 1.165) is 12.1 Å². The van der Waals surface area contributed by atoms with E-state index in [1.54, 1.807) is 0 Å². The van der Waals surface area contributed by atoms with Crippen LogP contribution in [0.15, 0.2) is 48.5 Å². The SMILES string of the molecule is O=C(CNC(=O)NCc1ccc(F)cc1)NCc1ccc(OC(F)(F)F)cc1. The molecule has 0 bridgehead atoms. The Bertz CT molecular complexity index is 793. The molecular weight excluding hydrogens is 382 g/mol. The van der Waals surface area contributed by atoms with Gasteiger partial charge < -0.3 is 20.7 Å². The number of carbonyl (C=O) groups excluding carboxylic acids is 2. The van der Waals surface area contributed by atoms with Crippen LogP contribution in [-0.2, 0) is 17.9 Å². The fourth-order valence-corrected chi connectivity index (χ4v) is 2.08. The highest BCUT2D eigenvalue weighted by atomic mass is 19.4. The molecule has 3 amide bonds. The van der Waals surface area contributed by atoms with Crippen molar-refractivity contribution in [2.45, 2.75) is 19.5 Å². The van der Waals surface area contributed by atoms with Gasteiger partial charge in [0, 0.05) is 13.1 Å². The zero-order chi connectivity index (χ0) is 20.6. The Morgan fingerprint density at radius 1 is 0.821 bits per heavy atom. The first-order valence-corrected chi connectivity index (χ1v) is 8.09. The van der Waals surface area contributed by atoms with Crippen LogP contribution in [0.3, 0.4) is 0 Å². The summed E-state index contributed by atoms with van der Waals surface area (Å²) in [5.74, 6) is -1.22. The number of rotatable bonds is 7. The van der Waals surface area contributed by atoms with Crippen LogP contribution in [0.1, 0.15) is 11.1 Å². The van der Waals surface area contributed by atoms with Crippen LogP contribution in [0, 0.1) is 5.82 Å². The van der Waals surface area contributed by atoms with Crippen LogP contribution in [0.2, 0.25) is 0 Å². The molecule has 2 aromatic rings. The molecule has 0 radical (unpaired) electrons. The van der Waals surface area contributed by atoms with Crippen molar-refractivity contribution >= 4 is 11.9 Å². The Hall–Kier alpha value is -3.30. The summed E-state index contributed by atoms with van der Waals surface area (Å²) in [5.41, 5.74) is 1.25. The lowest BCUT2D eigenvalue weighted by molar-refractivity contribution is -0.274. The average Bonchev–Trinajstić information content (AvgIpc) is 2.64. The molecule has 0 aliphatic carbocycles. The topological polar surface area (TPSA) is 79.5 Å². The molecule has 6 nitrogen and oxygen atoms in total. The summed E-state index contributed by atoms with van der Waals surface area (Å²) in [6.45, 7) is -0.0470. The van der Waals surface area contributed by atoms with Crippen molar-refractivity contribution in [1.29, 1.82) is 0 Å². The predicted octanol–water partition coefficient (Wildman–Crippen LogP) is 2.84. The second-order valence-electron chi connectivity index (χ2n) is 5.63. The van der Waals surface area contributed by atoms with Crippen LogP contribution in [0.4, 0.5) is 22.4 Å². The minimum Gasteiger partial charge on any atom is -0.406 e. The minimum absolute atomic E-state index is 0.0734. The Morgan fingerprint density at radius 3 is 1.93 bits per heavy atom. The van der Waals surface area contributed by atoms with Gasteiger partial charge in [0.1, 0.15) is 11.6 Å². The molecule has 2 rings (SSSR count). The van der Waals surface area contributed by atoms with E-state index in [1.165, 1.54) is 36.4 Å². The maximum Gasteiger partial charge on any atom is 0.573 e. The fraction of sp³-hybridized carbons (Fsp3) is 0.222. The lowest BCUT2D eigenvalue weighted by Crippen LogP contribution is -2.41. The van der Waals surface area contributed by atoms with Gasteiger partial charge in [0.25, 0.3) is 0 Å². The number of alkyl halides is 3. The number of urea groups is 1. The number of hydrogen-bond acceptors (Lipinski definition) is 3. The van der Waals surface area contributed by atoms with Crippen molar-refractivity contribution in [3.05, 3.63) is 65.5 Å². The van der Waals surface area contributed by atoms with Gasteiger partial charge in [-0.15, -0.1) is 13.2 Å². The largest absolute Gasteiger partial charge is 0.573 e. The van der Waals surface area contributed by atoms with Crippen molar-refractivity contribution < 1.29 is 31.9 Å². The normalized spacial score (nSPS) is 10.9. The summed E-state index contributed by atoms with van der Waals surface area (Å²) in [6.07, 6.45) is -4.77. The van der Waals surface area contributed by atoms with E-state index in [0.29, 0.717) is 11.1 Å². The molecule has 2 aromatic carbocycles. The average molecular weight is 399 g/mol. The lowest BCUT2D eigenvalue weighted by Gasteiger charge is -2.10. The van der Waals surface area contributed by atoms with E-state index < -0.39 is 18.3 Å². The van der Waals surface area contributed by atoms with E-state index in [9.17, 15) is 27.2 Å². The van der Waals surface area contributed by atoms with Crippen LogP contribution in [0.25, 0.3) is 0 Å². The van der Waals surface area contributed by atoms with Gasteiger partial charge in [-0.25, -0.2) is 9.18 Å². The van der Waals surface area contributed by atoms with Gasteiger partial charge in [0.05, 0.1) is 6.54 Å². The maximum absolute atomic E-state index is 12.8. The highest BCUT2D eigenvalue weighted by Gasteiger charge is 2.30. The van der Waals surface area contributed by atoms with Gasteiger partial charge in [-0.2, -0.15) is 0 Å². The molecule has 0 fully saturated rings. The molecule has 0 atom stereocenters. The molecule has 0 unspecified atom stereocenters. The second kappa shape index (κ2) is 9.58. The van der Waals surface area contributed by atoms with Gasteiger partial charge in [-0.05, 0) is 35.4 Å². The van der Waals surface area contributed by atoms with Gasteiger partial charge in [-0.1, -0.05) is 24.3 Å². The van der Waals surface area contributed by atoms with Gasteiger partial charge >= 0.3 is 12.4 Å². The van der Waals surface area contributed by atoms with Gasteiger partial charge in [0.2, 0.25) is 5.91 Å². The molecule has 0 aliphatic heterocycles. The van der Waals surface area contributed by atoms with Crippen LogP contribution in [-0.4, -0.2) is 24.8 Å². The van der Waals surface area contributed by atoms with E-state index in [2.05, 4.69) is 20.7 Å². The molecular formula is C18H17F4N3O3. The minimum atomic E-state index is -4.77. The first-order valence-electron chi connectivity index (χ1n) is 8.09. The molecule has 3 N–H and O–H groups in total. The number of amides is 3. The highest BCUT2D eigenvalue weighted by molar-refractivity contribution is 5.83. The number of nitrogens with one attached hydrogen (secondary N) is 3. The third kappa shape index (κ3) is 7.94. The van der Waals surface area contributed by atoms with Crippen molar-refractivity contribution in [1.82, 2.24) is 16.0 Å². The quantitative estimate of drug-likeness (QED) is 0.627. The van der Waals surface area contributed by atoms with Crippen LogP contribution >= 0.6 is 0 Å². The van der Waals surface area contributed by atoms with E-state index in [-0.39, 0.29) is 31.2 Å². The first kappa shape index (κ1) is 21.0. The Morgan fingerprint density at radius 2 is 1.36 bits per heavy atom. The zero-order valence-corrected chi connectivity index (χ0v) is 14.5. The molecule has 0 aliphatic rings. The summed E-state index contributed by atoms with van der Waals surface area (Å²) >= 11 is 0. The second-order valence-corrected chi connectivity index (χ2v) is 5.63. The monoisotopic (exact) mass is 399 g/mol. The van der Waals surface area contributed by atoms with Gasteiger partial charge in [0.15, 0.2) is 0 Å². The number of hydrogen-bond donors (Lipinski definition) is 3. The molecule has 10 heteroatoms. The number of benzene rings is 2. The highest BCUT2D eigenvalue weighted by Crippen LogP contribution is 2.22. The van der Waals surface area contributed by atoms with Crippen molar-refractivity contribution in [2.24, 2.45) is 0 Å². The third-order valence-corrected chi connectivity index (χ3v) is 3.42. The van der Waals surface area contributed by atoms with E-state index in [4.69, 9.17) is 0 Å². The van der Waals surface area contributed by atoms with Crippen molar-refractivity contribution in [3.63, 3.8) is 0 Å². The molecule has 0 saturated heterocycles. The van der Waals surface area contributed by atoms with Crippen molar-refractivity contribution in [3.8, 4) is 5.75 Å². The van der Waals surface area contributed by atoms with Crippen molar-refractivity contribution in [2.75, 3.05) is 6.54 Å². The Kier molecular flexibility index (Phi) is 7.19. The number of halogens is 4. The van der Waals surface area contributed by atoms with Crippen LogP contribution < -0.4 is 20.7 Å². The zero-order valence-electron chi connectivity index (χ0n) is 14.5. The summed E-state index contributed by atoms with van der Waals surface area (Å²) in [7, 11) is 0. The predicted molar refractivity (Wildman–Crippen MR) is 91.6 cm³/mol. The Labute approximate surface area is 157 Å².